The quantitative estimate of drug-likeness (QED) is 0.659. The van der Waals surface area contributed by atoms with Gasteiger partial charge in [0.15, 0.2) is 0 Å². The van der Waals surface area contributed by atoms with Gasteiger partial charge in [0.05, 0.1) is 22.3 Å². The second-order valence-corrected chi connectivity index (χ2v) is 4.38. The Bertz CT molecular complexity index is 627. The second kappa shape index (κ2) is 9.46. The van der Waals surface area contributed by atoms with E-state index in [-0.39, 0.29) is 29.7 Å². The zero-order valence-electron chi connectivity index (χ0n) is 12.0. The highest BCUT2D eigenvalue weighted by Crippen LogP contribution is 2.04. The van der Waals surface area contributed by atoms with E-state index < -0.39 is 23.9 Å². The van der Waals surface area contributed by atoms with Crippen LogP contribution in [0.4, 0.5) is 0 Å². The van der Waals surface area contributed by atoms with Crippen LogP contribution in [0.15, 0.2) is 48.5 Å². The van der Waals surface area contributed by atoms with Crippen LogP contribution in [-0.2, 0) is 0 Å². The number of carbonyl (C=O) groups is 4. The van der Waals surface area contributed by atoms with Crippen LogP contribution in [0.2, 0.25) is 0 Å². The number of hydrogen-bond donors (Lipinski definition) is 4. The van der Waals surface area contributed by atoms with Gasteiger partial charge in [-0.3, -0.25) is 0 Å². The molecule has 0 amide bonds. The predicted molar refractivity (Wildman–Crippen MR) is 87.5 cm³/mol. The molecular formula is C17H16O8. The zero-order chi connectivity index (χ0) is 18.3. The number of benzene rings is 2. The number of rotatable bonds is 4. The fourth-order valence-corrected chi connectivity index (χ4v) is 1.51. The summed E-state index contributed by atoms with van der Waals surface area (Å²) in [5, 5.41) is 33.9. The molecule has 0 saturated carbocycles. The molecule has 8 nitrogen and oxygen atoms in total. The van der Waals surface area contributed by atoms with Crippen molar-refractivity contribution in [3.8, 4) is 0 Å². The van der Waals surface area contributed by atoms with Crippen LogP contribution in [0, 0.1) is 0 Å². The Morgan fingerprint density at radius 3 is 0.640 bits per heavy atom. The molecule has 8 heteroatoms. The molecule has 0 unspecified atom stereocenters. The van der Waals surface area contributed by atoms with Gasteiger partial charge in [-0.2, -0.15) is 0 Å². The van der Waals surface area contributed by atoms with Gasteiger partial charge in [0.25, 0.3) is 0 Å². The third kappa shape index (κ3) is 6.53. The van der Waals surface area contributed by atoms with Gasteiger partial charge >= 0.3 is 23.9 Å². The molecule has 0 heterocycles. The largest absolute Gasteiger partial charge is 0.478 e. The average molecular weight is 348 g/mol. The van der Waals surface area contributed by atoms with Crippen molar-refractivity contribution < 1.29 is 39.6 Å². The van der Waals surface area contributed by atoms with Crippen LogP contribution in [-0.4, -0.2) is 44.3 Å². The van der Waals surface area contributed by atoms with Crippen molar-refractivity contribution >= 4 is 23.9 Å². The van der Waals surface area contributed by atoms with Crippen molar-refractivity contribution in [2.24, 2.45) is 0 Å². The molecular weight excluding hydrogens is 332 g/mol. The monoisotopic (exact) mass is 348 g/mol. The Morgan fingerprint density at radius 1 is 0.440 bits per heavy atom. The third-order valence-corrected chi connectivity index (χ3v) is 2.76. The molecule has 0 saturated heterocycles. The summed E-state index contributed by atoms with van der Waals surface area (Å²) in [6.07, 6.45) is 0. The van der Waals surface area contributed by atoms with Crippen LogP contribution < -0.4 is 0 Å². The minimum Gasteiger partial charge on any atom is -0.478 e. The van der Waals surface area contributed by atoms with Gasteiger partial charge in [0, 0.05) is 0 Å². The van der Waals surface area contributed by atoms with Crippen LogP contribution in [0.5, 0.6) is 0 Å². The minimum absolute atomic E-state index is 0. The number of aromatic carboxylic acids is 4. The predicted octanol–water partition coefficient (Wildman–Crippen LogP) is 2.80. The van der Waals surface area contributed by atoms with Crippen LogP contribution >= 0.6 is 0 Å². The number of carboxylic acids is 4. The summed E-state index contributed by atoms with van der Waals surface area (Å²) in [7, 11) is 0. The third-order valence-electron chi connectivity index (χ3n) is 2.76. The Balaban J connectivity index is 0.000000443. The SMILES string of the molecule is C.O=C(O)c1ccc(C(=O)O)cc1.O=C(O)c1ccc(C(=O)O)cc1. The molecule has 2 rings (SSSR count). The fourth-order valence-electron chi connectivity index (χ4n) is 1.51. The van der Waals surface area contributed by atoms with E-state index in [4.69, 9.17) is 20.4 Å². The van der Waals surface area contributed by atoms with Gasteiger partial charge in [-0.1, -0.05) is 7.43 Å². The summed E-state index contributed by atoms with van der Waals surface area (Å²) >= 11 is 0. The van der Waals surface area contributed by atoms with Crippen molar-refractivity contribution in [2.75, 3.05) is 0 Å². The molecule has 0 aliphatic heterocycles. The van der Waals surface area contributed by atoms with Crippen molar-refractivity contribution in [3.63, 3.8) is 0 Å². The molecule has 0 atom stereocenters. The number of carboxylic acid groups (broad SMARTS) is 4. The average Bonchev–Trinajstić information content (AvgIpc) is 2.55. The molecule has 0 spiro atoms. The van der Waals surface area contributed by atoms with Crippen LogP contribution in [0.1, 0.15) is 48.9 Å². The maximum atomic E-state index is 10.3. The lowest BCUT2D eigenvalue weighted by Gasteiger charge is -1.94. The number of hydrogen-bond acceptors (Lipinski definition) is 4. The van der Waals surface area contributed by atoms with Gasteiger partial charge in [-0.05, 0) is 48.5 Å². The summed E-state index contributed by atoms with van der Waals surface area (Å²) in [4.78, 5) is 41.3. The highest BCUT2D eigenvalue weighted by atomic mass is 16.4. The van der Waals surface area contributed by atoms with E-state index in [1.54, 1.807) is 0 Å². The van der Waals surface area contributed by atoms with E-state index in [1.165, 1.54) is 48.5 Å². The van der Waals surface area contributed by atoms with E-state index in [2.05, 4.69) is 0 Å². The van der Waals surface area contributed by atoms with E-state index in [0.29, 0.717) is 0 Å². The first-order chi connectivity index (χ1) is 11.2. The maximum absolute atomic E-state index is 10.3. The Hall–Kier alpha value is -3.68. The van der Waals surface area contributed by atoms with Crippen molar-refractivity contribution in [1.29, 1.82) is 0 Å². The summed E-state index contributed by atoms with van der Waals surface area (Å²) in [6.45, 7) is 0. The van der Waals surface area contributed by atoms with Gasteiger partial charge in [-0.25, -0.2) is 19.2 Å². The van der Waals surface area contributed by atoms with E-state index in [9.17, 15) is 19.2 Å². The topological polar surface area (TPSA) is 149 Å². The molecule has 0 aliphatic carbocycles. The molecule has 4 N–H and O–H groups in total. The molecule has 2 aromatic rings. The molecule has 0 fully saturated rings. The zero-order valence-corrected chi connectivity index (χ0v) is 12.0. The second-order valence-electron chi connectivity index (χ2n) is 4.38. The Labute approximate surface area is 142 Å². The van der Waals surface area contributed by atoms with Gasteiger partial charge in [0.1, 0.15) is 0 Å². The molecule has 0 bridgehead atoms. The first kappa shape index (κ1) is 21.3. The molecule has 132 valence electrons. The lowest BCUT2D eigenvalue weighted by molar-refractivity contribution is 0.0681. The lowest BCUT2D eigenvalue weighted by Crippen LogP contribution is -1.99. The van der Waals surface area contributed by atoms with Crippen molar-refractivity contribution in [3.05, 3.63) is 70.8 Å². The lowest BCUT2D eigenvalue weighted by atomic mass is 10.1. The Morgan fingerprint density at radius 2 is 0.560 bits per heavy atom. The maximum Gasteiger partial charge on any atom is 0.335 e. The summed E-state index contributed by atoms with van der Waals surface area (Å²) in [6, 6.07) is 10.0. The van der Waals surface area contributed by atoms with Crippen LogP contribution in [0.25, 0.3) is 0 Å². The highest BCUT2D eigenvalue weighted by Gasteiger charge is 2.05. The van der Waals surface area contributed by atoms with Crippen molar-refractivity contribution in [1.82, 2.24) is 0 Å². The molecule has 2 aromatic carbocycles. The van der Waals surface area contributed by atoms with E-state index in [0.717, 1.165) is 0 Å². The van der Waals surface area contributed by atoms with Crippen LogP contribution in [0.3, 0.4) is 0 Å². The molecule has 0 aliphatic rings. The van der Waals surface area contributed by atoms with Gasteiger partial charge in [0.2, 0.25) is 0 Å². The molecule has 25 heavy (non-hydrogen) atoms. The molecule has 0 aromatic heterocycles. The normalized spacial score (nSPS) is 8.96. The first-order valence-electron chi connectivity index (χ1n) is 6.35. The Kier molecular flexibility index (Phi) is 8.06. The van der Waals surface area contributed by atoms with Gasteiger partial charge in [-0.15, -0.1) is 0 Å². The van der Waals surface area contributed by atoms with Gasteiger partial charge < -0.3 is 20.4 Å². The molecule has 0 radical (unpaired) electrons. The van der Waals surface area contributed by atoms with E-state index >= 15 is 0 Å². The standard InChI is InChI=1S/2C8H6O4.CH4/c2*9-7(10)5-1-2-6(4-3-5)8(11)12;/h2*1-4H,(H,9,10)(H,11,12);1H4. The minimum atomic E-state index is -1.06. The summed E-state index contributed by atoms with van der Waals surface area (Å²) in [5.74, 6) is -4.25. The van der Waals surface area contributed by atoms with Crippen molar-refractivity contribution in [2.45, 2.75) is 7.43 Å². The van der Waals surface area contributed by atoms with E-state index in [1.807, 2.05) is 0 Å². The summed E-state index contributed by atoms with van der Waals surface area (Å²) in [5.41, 5.74) is 0.333. The first-order valence-corrected chi connectivity index (χ1v) is 6.35. The highest BCUT2D eigenvalue weighted by molar-refractivity contribution is 5.92. The summed E-state index contributed by atoms with van der Waals surface area (Å²) < 4.78 is 0. The fraction of sp³-hybridized carbons (Fsp3) is 0.0588. The smallest absolute Gasteiger partial charge is 0.335 e.